The molecule has 29 heavy (non-hydrogen) atoms. The number of phenolic OH excluding ortho intramolecular Hbond substituents is 1. The Morgan fingerprint density at radius 3 is 2.72 bits per heavy atom. The lowest BCUT2D eigenvalue weighted by Gasteiger charge is -2.14. The monoisotopic (exact) mass is 492 g/mol. The summed E-state index contributed by atoms with van der Waals surface area (Å²) in [6, 6.07) is 11.9. The van der Waals surface area contributed by atoms with Crippen molar-refractivity contribution in [3.63, 3.8) is 0 Å². The zero-order chi connectivity index (χ0) is 21.0. The third-order valence-electron chi connectivity index (χ3n) is 3.90. The molecule has 2 aromatic carbocycles. The Morgan fingerprint density at radius 2 is 2.03 bits per heavy atom. The molecular weight excluding hydrogens is 476 g/mol. The lowest BCUT2D eigenvalue weighted by Crippen LogP contribution is -2.36. The summed E-state index contributed by atoms with van der Waals surface area (Å²) in [4.78, 5) is 26.6. The first-order valence-electron chi connectivity index (χ1n) is 8.64. The normalized spacial score (nSPS) is 15.1. The molecular formula is C20H17BrN2O4S2. The van der Waals surface area contributed by atoms with E-state index in [1.54, 1.807) is 42.5 Å². The van der Waals surface area contributed by atoms with E-state index in [-0.39, 0.29) is 28.4 Å². The number of thiocarbonyl (C=S) groups is 1. The molecule has 0 bridgehead atoms. The van der Waals surface area contributed by atoms with Crippen molar-refractivity contribution in [2.45, 2.75) is 6.92 Å². The average molecular weight is 493 g/mol. The van der Waals surface area contributed by atoms with E-state index in [9.17, 15) is 14.7 Å². The maximum absolute atomic E-state index is 12.7. The van der Waals surface area contributed by atoms with Crippen LogP contribution in [0.5, 0.6) is 11.5 Å². The molecule has 2 N–H and O–H groups in total. The SMILES string of the molecule is CCOc1ccc(NC(=O)CN2C(=O)/C(=C/c3cc(Br)ccc3O)SC2=S)cc1. The summed E-state index contributed by atoms with van der Waals surface area (Å²) in [5.74, 6) is 0.0216. The lowest BCUT2D eigenvalue weighted by atomic mass is 10.2. The first kappa shape index (κ1) is 21.4. The van der Waals surface area contributed by atoms with Gasteiger partial charge in [-0.3, -0.25) is 14.5 Å². The number of ether oxygens (including phenoxy) is 1. The maximum Gasteiger partial charge on any atom is 0.266 e. The Hall–Kier alpha value is -2.36. The molecule has 0 unspecified atom stereocenters. The van der Waals surface area contributed by atoms with Gasteiger partial charge < -0.3 is 15.2 Å². The van der Waals surface area contributed by atoms with E-state index in [1.807, 2.05) is 6.92 Å². The highest BCUT2D eigenvalue weighted by atomic mass is 79.9. The molecule has 2 aromatic rings. The molecule has 0 aromatic heterocycles. The minimum atomic E-state index is -0.374. The fourth-order valence-electron chi connectivity index (χ4n) is 2.56. The van der Waals surface area contributed by atoms with E-state index in [1.165, 1.54) is 11.0 Å². The van der Waals surface area contributed by atoms with Gasteiger partial charge in [-0.2, -0.15) is 0 Å². The molecule has 0 saturated carbocycles. The van der Waals surface area contributed by atoms with Gasteiger partial charge in [0.05, 0.1) is 11.5 Å². The van der Waals surface area contributed by atoms with Gasteiger partial charge in [-0.25, -0.2) is 0 Å². The van der Waals surface area contributed by atoms with Crippen molar-refractivity contribution in [1.29, 1.82) is 0 Å². The van der Waals surface area contributed by atoms with Crippen molar-refractivity contribution in [2.75, 3.05) is 18.5 Å². The summed E-state index contributed by atoms with van der Waals surface area (Å²) in [5.41, 5.74) is 1.08. The summed E-state index contributed by atoms with van der Waals surface area (Å²) < 4.78 is 6.43. The fourth-order valence-corrected chi connectivity index (χ4v) is 4.19. The molecule has 1 aliphatic heterocycles. The second kappa shape index (κ2) is 9.43. The molecule has 0 radical (unpaired) electrons. The number of benzene rings is 2. The number of hydrogen-bond acceptors (Lipinski definition) is 6. The first-order valence-corrected chi connectivity index (χ1v) is 10.7. The first-order chi connectivity index (χ1) is 13.9. The number of halogens is 1. The Balaban J connectivity index is 1.67. The van der Waals surface area contributed by atoms with Crippen LogP contribution in [0.3, 0.4) is 0 Å². The number of amides is 2. The zero-order valence-electron chi connectivity index (χ0n) is 15.3. The molecule has 1 heterocycles. The highest BCUT2D eigenvalue weighted by Gasteiger charge is 2.33. The number of carbonyl (C=O) groups excluding carboxylic acids is 2. The summed E-state index contributed by atoms with van der Waals surface area (Å²) in [6.45, 7) is 2.26. The largest absolute Gasteiger partial charge is 0.507 e. The average Bonchev–Trinajstić information content (AvgIpc) is 2.94. The van der Waals surface area contributed by atoms with Gasteiger partial charge in [0.2, 0.25) is 5.91 Å². The summed E-state index contributed by atoms with van der Waals surface area (Å²) >= 11 is 9.68. The summed E-state index contributed by atoms with van der Waals surface area (Å²) in [7, 11) is 0. The highest BCUT2D eigenvalue weighted by Crippen LogP contribution is 2.34. The van der Waals surface area contributed by atoms with Crippen molar-refractivity contribution in [1.82, 2.24) is 4.90 Å². The van der Waals surface area contributed by atoms with Crippen molar-refractivity contribution < 1.29 is 19.4 Å². The van der Waals surface area contributed by atoms with Crippen LogP contribution in [0.25, 0.3) is 6.08 Å². The number of anilines is 1. The van der Waals surface area contributed by atoms with E-state index in [4.69, 9.17) is 17.0 Å². The van der Waals surface area contributed by atoms with Gasteiger partial charge in [-0.05, 0) is 55.5 Å². The van der Waals surface area contributed by atoms with Crippen LogP contribution >= 0.6 is 39.9 Å². The molecule has 150 valence electrons. The second-order valence-corrected chi connectivity index (χ2v) is 8.57. The smallest absolute Gasteiger partial charge is 0.266 e. The molecule has 1 fully saturated rings. The fraction of sp³-hybridized carbons (Fsp3) is 0.150. The van der Waals surface area contributed by atoms with Crippen LogP contribution in [-0.4, -0.2) is 39.3 Å². The third kappa shape index (κ3) is 5.37. The molecule has 1 aliphatic rings. The van der Waals surface area contributed by atoms with Gasteiger partial charge in [0.15, 0.2) is 0 Å². The predicted molar refractivity (Wildman–Crippen MR) is 122 cm³/mol. The molecule has 3 rings (SSSR count). The number of phenols is 1. The molecule has 9 heteroatoms. The Morgan fingerprint density at radius 1 is 1.31 bits per heavy atom. The second-order valence-electron chi connectivity index (χ2n) is 5.98. The van der Waals surface area contributed by atoms with Crippen LogP contribution in [0.2, 0.25) is 0 Å². The Bertz CT molecular complexity index is 992. The molecule has 0 atom stereocenters. The molecule has 6 nitrogen and oxygen atoms in total. The summed E-state index contributed by atoms with van der Waals surface area (Å²) in [5, 5.41) is 12.7. The predicted octanol–water partition coefficient (Wildman–Crippen LogP) is 4.39. The minimum absolute atomic E-state index is 0.0479. The van der Waals surface area contributed by atoms with Crippen molar-refractivity contribution >= 4 is 67.8 Å². The van der Waals surface area contributed by atoms with Gasteiger partial charge in [0, 0.05) is 15.7 Å². The van der Waals surface area contributed by atoms with Crippen molar-refractivity contribution in [2.24, 2.45) is 0 Å². The number of rotatable bonds is 6. The number of hydrogen-bond donors (Lipinski definition) is 2. The molecule has 1 saturated heterocycles. The van der Waals surface area contributed by atoms with Crippen molar-refractivity contribution in [3.05, 3.63) is 57.4 Å². The number of thioether (sulfide) groups is 1. The quantitative estimate of drug-likeness (QED) is 0.459. The number of carbonyl (C=O) groups is 2. The maximum atomic E-state index is 12.7. The van der Waals surface area contributed by atoms with E-state index in [0.29, 0.717) is 28.5 Å². The lowest BCUT2D eigenvalue weighted by molar-refractivity contribution is -0.126. The van der Waals surface area contributed by atoms with Crippen LogP contribution in [-0.2, 0) is 9.59 Å². The van der Waals surface area contributed by atoms with Gasteiger partial charge in [-0.1, -0.05) is 39.9 Å². The highest BCUT2D eigenvalue weighted by molar-refractivity contribution is 9.10. The Kier molecular flexibility index (Phi) is 6.94. The van der Waals surface area contributed by atoms with E-state index in [2.05, 4.69) is 21.2 Å². The third-order valence-corrected chi connectivity index (χ3v) is 5.77. The van der Waals surface area contributed by atoms with Crippen molar-refractivity contribution in [3.8, 4) is 11.5 Å². The van der Waals surface area contributed by atoms with Crippen LogP contribution in [0.1, 0.15) is 12.5 Å². The topological polar surface area (TPSA) is 78.9 Å². The van der Waals surface area contributed by atoms with Crippen LogP contribution in [0, 0.1) is 0 Å². The molecule has 2 amide bonds. The molecule has 0 aliphatic carbocycles. The number of aromatic hydroxyl groups is 1. The van der Waals surface area contributed by atoms with E-state index < -0.39 is 0 Å². The van der Waals surface area contributed by atoms with Crippen LogP contribution in [0.15, 0.2) is 51.8 Å². The van der Waals surface area contributed by atoms with Gasteiger partial charge in [0.1, 0.15) is 22.4 Å². The number of nitrogens with one attached hydrogen (secondary N) is 1. The van der Waals surface area contributed by atoms with Crippen LogP contribution in [0.4, 0.5) is 5.69 Å². The van der Waals surface area contributed by atoms with Gasteiger partial charge >= 0.3 is 0 Å². The minimum Gasteiger partial charge on any atom is -0.507 e. The van der Waals surface area contributed by atoms with E-state index in [0.717, 1.165) is 16.2 Å². The van der Waals surface area contributed by atoms with E-state index >= 15 is 0 Å². The number of nitrogens with zero attached hydrogens (tertiary/aromatic N) is 1. The standard InChI is InChI=1S/C20H17BrN2O4S2/c1-2-27-15-6-4-14(5-7-15)22-18(25)11-23-19(26)17(29-20(23)28)10-12-9-13(21)3-8-16(12)24/h3-10,24H,2,11H2,1H3,(H,22,25)/b17-10-. The molecule has 0 spiro atoms. The Labute approximate surface area is 186 Å². The van der Waals surface area contributed by atoms with Gasteiger partial charge in [-0.15, -0.1) is 0 Å². The zero-order valence-corrected chi connectivity index (χ0v) is 18.6. The van der Waals surface area contributed by atoms with Gasteiger partial charge in [0.25, 0.3) is 5.91 Å². The summed E-state index contributed by atoms with van der Waals surface area (Å²) in [6.07, 6.45) is 1.56. The van der Waals surface area contributed by atoms with Crippen LogP contribution < -0.4 is 10.1 Å².